The largest absolute Gasteiger partial charge is 0.469 e. The van der Waals surface area contributed by atoms with Crippen LogP contribution in [0.15, 0.2) is 42.5 Å². The average molecular weight is 315 g/mol. The van der Waals surface area contributed by atoms with E-state index in [0.29, 0.717) is 0 Å². The summed E-state index contributed by atoms with van der Waals surface area (Å²) in [7, 11) is 1.39. The Kier molecular flexibility index (Phi) is 4.65. The van der Waals surface area contributed by atoms with E-state index in [1.165, 1.54) is 7.11 Å². The monoisotopic (exact) mass is 315 g/mol. The van der Waals surface area contributed by atoms with E-state index in [9.17, 15) is 9.59 Å². The summed E-state index contributed by atoms with van der Waals surface area (Å²) in [5.74, 6) is -0.300. The van der Waals surface area contributed by atoms with Crippen molar-refractivity contribution in [2.45, 2.75) is 25.5 Å². The third-order valence-corrected chi connectivity index (χ3v) is 4.72. The molecule has 1 aromatic rings. The van der Waals surface area contributed by atoms with Gasteiger partial charge >= 0.3 is 12.1 Å². The van der Waals surface area contributed by atoms with E-state index < -0.39 is 6.09 Å². The molecule has 1 aromatic carbocycles. The standard InChI is InChI=1S/C18H21NO4/c1-22-17(20)15-13-7-9-14(10-8-13)16(15)19-18(21)23-11-12-5-3-2-4-6-12/h2-7,9,13-16H,8,10-11H2,1H3,(H,19,21)/t13?,14?,15?,16-/m0/s1. The Bertz CT molecular complexity index is 598. The number of amides is 1. The molecule has 1 N–H and O–H groups in total. The van der Waals surface area contributed by atoms with Gasteiger partial charge in [-0.2, -0.15) is 0 Å². The van der Waals surface area contributed by atoms with Crippen molar-refractivity contribution < 1.29 is 19.1 Å². The van der Waals surface area contributed by atoms with E-state index in [4.69, 9.17) is 9.47 Å². The van der Waals surface area contributed by atoms with Gasteiger partial charge in [0.15, 0.2) is 0 Å². The Labute approximate surface area is 135 Å². The summed E-state index contributed by atoms with van der Waals surface area (Å²) >= 11 is 0. The lowest BCUT2D eigenvalue weighted by Gasteiger charge is -2.43. The fraction of sp³-hybridized carbons (Fsp3) is 0.444. The van der Waals surface area contributed by atoms with Crippen LogP contribution in [0.2, 0.25) is 0 Å². The number of ether oxygens (including phenoxy) is 2. The minimum atomic E-state index is -0.492. The molecule has 23 heavy (non-hydrogen) atoms. The molecular weight excluding hydrogens is 294 g/mol. The first-order valence-electron chi connectivity index (χ1n) is 7.92. The van der Waals surface area contributed by atoms with Crippen LogP contribution in [0.5, 0.6) is 0 Å². The summed E-state index contributed by atoms with van der Waals surface area (Å²) in [6.07, 6.45) is 5.60. The number of alkyl carbamates (subject to hydrolysis) is 1. The minimum Gasteiger partial charge on any atom is -0.469 e. The normalized spacial score (nSPS) is 28.2. The number of esters is 1. The van der Waals surface area contributed by atoms with Crippen molar-refractivity contribution >= 4 is 12.1 Å². The SMILES string of the molecule is COC(=O)C1C2C=CC(CC2)[C@@H]1NC(=O)OCc1ccccc1. The van der Waals surface area contributed by atoms with Crippen LogP contribution < -0.4 is 5.32 Å². The number of benzene rings is 1. The maximum Gasteiger partial charge on any atom is 0.407 e. The van der Waals surface area contributed by atoms with Crippen molar-refractivity contribution in [1.82, 2.24) is 5.32 Å². The zero-order chi connectivity index (χ0) is 16.2. The predicted octanol–water partition coefficient (Wildman–Crippen LogP) is 2.67. The van der Waals surface area contributed by atoms with Crippen molar-refractivity contribution in [2.75, 3.05) is 7.11 Å². The third kappa shape index (κ3) is 3.38. The van der Waals surface area contributed by atoms with Crippen LogP contribution in [-0.4, -0.2) is 25.2 Å². The first-order valence-corrected chi connectivity index (χ1v) is 7.92. The van der Waals surface area contributed by atoms with Gasteiger partial charge in [0.1, 0.15) is 6.61 Å². The maximum absolute atomic E-state index is 12.1. The molecule has 122 valence electrons. The van der Waals surface area contributed by atoms with Crippen LogP contribution in [0.1, 0.15) is 18.4 Å². The topological polar surface area (TPSA) is 64.6 Å². The Balaban J connectivity index is 1.62. The number of hydrogen-bond acceptors (Lipinski definition) is 4. The van der Waals surface area contributed by atoms with Crippen molar-refractivity contribution in [3.05, 3.63) is 48.0 Å². The van der Waals surface area contributed by atoms with Gasteiger partial charge < -0.3 is 14.8 Å². The van der Waals surface area contributed by atoms with Crippen LogP contribution in [0.25, 0.3) is 0 Å². The van der Waals surface area contributed by atoms with Crippen LogP contribution in [0, 0.1) is 17.8 Å². The van der Waals surface area contributed by atoms with Gasteiger partial charge in [-0.15, -0.1) is 0 Å². The Morgan fingerprint density at radius 2 is 1.83 bits per heavy atom. The van der Waals surface area contributed by atoms with E-state index in [-0.39, 0.29) is 36.4 Å². The summed E-state index contributed by atoms with van der Waals surface area (Å²) in [5, 5.41) is 2.87. The number of methoxy groups -OCH3 is 1. The molecule has 3 aliphatic rings. The molecule has 0 aromatic heterocycles. The van der Waals surface area contributed by atoms with Crippen molar-refractivity contribution in [1.29, 1.82) is 0 Å². The lowest BCUT2D eigenvalue weighted by molar-refractivity contribution is -0.150. The molecule has 0 heterocycles. The maximum atomic E-state index is 12.1. The summed E-state index contributed by atoms with van der Waals surface area (Å²) < 4.78 is 10.2. The number of carbonyl (C=O) groups excluding carboxylic acids is 2. The van der Waals surface area contributed by atoms with E-state index in [2.05, 4.69) is 17.5 Å². The highest BCUT2D eigenvalue weighted by Crippen LogP contribution is 2.41. The Hall–Kier alpha value is -2.30. The molecule has 5 heteroatoms. The van der Waals surface area contributed by atoms with E-state index in [1.54, 1.807) is 0 Å². The molecule has 3 unspecified atom stereocenters. The molecule has 0 radical (unpaired) electrons. The summed E-state index contributed by atoms with van der Waals surface area (Å²) in [5.41, 5.74) is 0.928. The number of allylic oxidation sites excluding steroid dienone is 1. The number of rotatable bonds is 4. The molecule has 0 saturated heterocycles. The molecule has 0 spiro atoms. The van der Waals surface area contributed by atoms with Gasteiger partial charge in [-0.05, 0) is 30.2 Å². The number of carbonyl (C=O) groups is 2. The fourth-order valence-corrected chi connectivity index (χ4v) is 3.55. The van der Waals surface area contributed by atoms with Gasteiger partial charge in [0.2, 0.25) is 0 Å². The van der Waals surface area contributed by atoms with Gasteiger partial charge in [0.05, 0.1) is 19.1 Å². The zero-order valence-corrected chi connectivity index (χ0v) is 13.1. The van der Waals surface area contributed by atoms with Gasteiger partial charge in [-0.25, -0.2) is 4.79 Å². The molecule has 2 bridgehead atoms. The fourth-order valence-electron chi connectivity index (χ4n) is 3.55. The molecule has 5 nitrogen and oxygen atoms in total. The van der Waals surface area contributed by atoms with Gasteiger partial charge in [0.25, 0.3) is 0 Å². The second-order valence-electron chi connectivity index (χ2n) is 6.07. The Morgan fingerprint density at radius 3 is 2.48 bits per heavy atom. The van der Waals surface area contributed by atoms with Crippen molar-refractivity contribution in [3.8, 4) is 0 Å². The van der Waals surface area contributed by atoms with Crippen molar-refractivity contribution in [3.63, 3.8) is 0 Å². The molecule has 1 saturated carbocycles. The third-order valence-electron chi connectivity index (χ3n) is 4.72. The predicted molar refractivity (Wildman–Crippen MR) is 84.4 cm³/mol. The minimum absolute atomic E-state index is 0.131. The molecule has 3 aliphatic carbocycles. The van der Waals surface area contributed by atoms with Crippen LogP contribution in [0.3, 0.4) is 0 Å². The quantitative estimate of drug-likeness (QED) is 0.685. The highest BCUT2D eigenvalue weighted by Gasteiger charge is 2.46. The molecule has 1 fully saturated rings. The van der Waals surface area contributed by atoms with E-state index in [0.717, 1.165) is 18.4 Å². The first-order chi connectivity index (χ1) is 11.2. The number of fused-ring (bicyclic) bond motifs is 2. The number of nitrogens with one attached hydrogen (secondary N) is 1. The highest BCUT2D eigenvalue weighted by atomic mass is 16.5. The smallest absolute Gasteiger partial charge is 0.407 e. The lowest BCUT2D eigenvalue weighted by atomic mass is 9.66. The van der Waals surface area contributed by atoms with Crippen LogP contribution >= 0.6 is 0 Å². The van der Waals surface area contributed by atoms with E-state index in [1.807, 2.05) is 30.3 Å². The van der Waals surface area contributed by atoms with Crippen LogP contribution in [-0.2, 0) is 20.9 Å². The summed E-state index contributed by atoms with van der Waals surface area (Å²) in [4.78, 5) is 24.2. The highest BCUT2D eigenvalue weighted by molar-refractivity contribution is 5.76. The molecule has 0 aliphatic heterocycles. The van der Waals surface area contributed by atoms with E-state index >= 15 is 0 Å². The molecule has 1 amide bonds. The van der Waals surface area contributed by atoms with Crippen molar-refractivity contribution in [2.24, 2.45) is 17.8 Å². The second-order valence-corrected chi connectivity index (χ2v) is 6.07. The number of hydrogen-bond donors (Lipinski definition) is 1. The lowest BCUT2D eigenvalue weighted by Crippen LogP contribution is -2.54. The van der Waals surface area contributed by atoms with Crippen LogP contribution in [0.4, 0.5) is 4.79 Å². The Morgan fingerprint density at radius 1 is 1.13 bits per heavy atom. The average Bonchev–Trinajstić information content (AvgIpc) is 2.61. The second kappa shape index (κ2) is 6.86. The van der Waals surface area contributed by atoms with Gasteiger partial charge in [0, 0.05) is 0 Å². The molecular formula is C18H21NO4. The molecule has 4 atom stereocenters. The van der Waals surface area contributed by atoms with Gasteiger partial charge in [-0.3, -0.25) is 4.79 Å². The summed E-state index contributed by atoms with van der Waals surface area (Å²) in [6, 6.07) is 9.25. The molecule has 4 rings (SSSR count). The van der Waals surface area contributed by atoms with Gasteiger partial charge in [-0.1, -0.05) is 42.5 Å². The zero-order valence-electron chi connectivity index (χ0n) is 13.1. The summed E-state index contributed by atoms with van der Waals surface area (Å²) in [6.45, 7) is 0.215. The first kappa shape index (κ1) is 15.6.